The fourth-order valence-corrected chi connectivity index (χ4v) is 4.45. The van der Waals surface area contributed by atoms with Gasteiger partial charge in [0.1, 0.15) is 5.75 Å². The van der Waals surface area contributed by atoms with Gasteiger partial charge in [-0.2, -0.15) is 8.42 Å². The Kier molecular flexibility index (Phi) is 8.46. The Labute approximate surface area is 198 Å². The highest BCUT2D eigenvalue weighted by atomic mass is 32.2. The molecule has 2 aromatic rings. The molecule has 33 heavy (non-hydrogen) atoms. The van der Waals surface area contributed by atoms with Gasteiger partial charge in [-0.15, -0.1) is 0 Å². The average Bonchev–Trinajstić information content (AvgIpc) is 2.71. The van der Waals surface area contributed by atoms with Gasteiger partial charge in [0.25, 0.3) is 0 Å². The number of rotatable bonds is 8. The minimum absolute atomic E-state index is 0.0699. The van der Waals surface area contributed by atoms with Crippen molar-refractivity contribution in [3.05, 3.63) is 71.3 Å². The van der Waals surface area contributed by atoms with Crippen LogP contribution in [0.2, 0.25) is 0 Å². The van der Waals surface area contributed by atoms with Gasteiger partial charge in [-0.25, -0.2) is 4.79 Å². The average molecular weight is 474 g/mol. The summed E-state index contributed by atoms with van der Waals surface area (Å²) >= 11 is 0. The quantitative estimate of drug-likeness (QED) is 0.280. The first-order valence-electron chi connectivity index (χ1n) is 10.9. The number of ether oxygens (including phenoxy) is 1. The Morgan fingerprint density at radius 2 is 1.52 bits per heavy atom. The van der Waals surface area contributed by atoms with E-state index in [4.69, 9.17) is 9.02 Å². The summed E-state index contributed by atoms with van der Waals surface area (Å²) in [5.41, 5.74) is 2.18. The summed E-state index contributed by atoms with van der Waals surface area (Å²) in [5.74, 6) is -0.815. The van der Waals surface area contributed by atoms with Crippen molar-refractivity contribution in [3.63, 3.8) is 0 Å². The number of hydrogen-bond acceptors (Lipinski definition) is 6. The zero-order valence-electron chi connectivity index (χ0n) is 20.6. The molecule has 0 radical (unpaired) electrons. The van der Waals surface area contributed by atoms with Crippen LogP contribution in [0.4, 0.5) is 0 Å². The minimum atomic E-state index is -4.07. The van der Waals surface area contributed by atoms with Crippen LogP contribution in [-0.2, 0) is 29.7 Å². The lowest BCUT2D eigenvalue weighted by Gasteiger charge is -2.36. The number of methoxy groups -OCH3 is 1. The molecule has 1 unspecified atom stereocenters. The van der Waals surface area contributed by atoms with Crippen molar-refractivity contribution in [2.24, 2.45) is 16.0 Å². The molecule has 0 aromatic heterocycles. The molecule has 0 saturated carbocycles. The molecular formula is C26H35NO5S. The molecule has 0 fully saturated rings. The van der Waals surface area contributed by atoms with E-state index < -0.39 is 16.1 Å². The van der Waals surface area contributed by atoms with Crippen molar-refractivity contribution in [2.75, 3.05) is 7.11 Å². The van der Waals surface area contributed by atoms with Gasteiger partial charge in [-0.1, -0.05) is 101 Å². The van der Waals surface area contributed by atoms with Crippen LogP contribution in [0.1, 0.15) is 70.6 Å². The van der Waals surface area contributed by atoms with E-state index in [0.29, 0.717) is 17.0 Å². The number of esters is 1. The first-order valence-corrected chi connectivity index (χ1v) is 12.5. The third-order valence-corrected chi connectivity index (χ3v) is 6.24. The first-order chi connectivity index (χ1) is 15.2. The molecule has 0 spiro atoms. The van der Waals surface area contributed by atoms with Gasteiger partial charge in [0.2, 0.25) is 0 Å². The summed E-state index contributed by atoms with van der Waals surface area (Å²) < 4.78 is 34.6. The highest BCUT2D eigenvalue weighted by molar-refractivity contribution is 7.85. The third kappa shape index (κ3) is 8.31. The van der Waals surface area contributed by atoms with Gasteiger partial charge in [-0.05, 0) is 34.3 Å². The maximum atomic E-state index is 12.5. The SMILES string of the molecule is COC(=O)C(=NOS(=O)(=O)Cc1ccc(C(CC(C)(C)C)C(C)(C)C)cc1)c1ccccc1. The molecule has 0 bridgehead atoms. The summed E-state index contributed by atoms with van der Waals surface area (Å²) in [6, 6.07) is 16.0. The topological polar surface area (TPSA) is 82.0 Å². The van der Waals surface area contributed by atoms with E-state index in [1.807, 2.05) is 12.1 Å². The van der Waals surface area contributed by atoms with Crippen molar-refractivity contribution < 1.29 is 22.2 Å². The van der Waals surface area contributed by atoms with E-state index in [1.54, 1.807) is 42.5 Å². The van der Waals surface area contributed by atoms with Gasteiger partial charge >= 0.3 is 16.1 Å². The predicted molar refractivity (Wildman–Crippen MR) is 131 cm³/mol. The van der Waals surface area contributed by atoms with E-state index in [9.17, 15) is 13.2 Å². The van der Waals surface area contributed by atoms with Crippen LogP contribution in [0.3, 0.4) is 0 Å². The monoisotopic (exact) mass is 473 g/mol. The first kappa shape index (κ1) is 26.6. The molecule has 0 aliphatic heterocycles. The van der Waals surface area contributed by atoms with Crippen molar-refractivity contribution in [2.45, 2.75) is 59.6 Å². The van der Waals surface area contributed by atoms with Gasteiger partial charge in [0.15, 0.2) is 5.71 Å². The zero-order valence-corrected chi connectivity index (χ0v) is 21.4. The number of hydrogen-bond donors (Lipinski definition) is 0. The summed E-state index contributed by atoms with van der Waals surface area (Å²) in [6.07, 6.45) is 1.02. The van der Waals surface area contributed by atoms with E-state index in [1.165, 1.54) is 12.7 Å². The second-order valence-corrected chi connectivity index (χ2v) is 12.1. The Morgan fingerprint density at radius 3 is 2.00 bits per heavy atom. The van der Waals surface area contributed by atoms with Gasteiger partial charge in [-0.3, -0.25) is 4.28 Å². The maximum absolute atomic E-state index is 12.5. The predicted octanol–water partition coefficient (Wildman–Crippen LogP) is 5.68. The van der Waals surface area contributed by atoms with Gasteiger partial charge in [0, 0.05) is 5.56 Å². The highest BCUT2D eigenvalue weighted by Crippen LogP contribution is 2.43. The normalized spacial score (nSPS) is 14.0. The summed E-state index contributed by atoms with van der Waals surface area (Å²) in [5, 5.41) is 3.61. The third-order valence-electron chi connectivity index (χ3n) is 5.26. The molecule has 0 aliphatic rings. The number of benzene rings is 2. The molecule has 180 valence electrons. The molecule has 0 saturated heterocycles. The van der Waals surface area contributed by atoms with E-state index >= 15 is 0 Å². The van der Waals surface area contributed by atoms with Crippen LogP contribution in [0.5, 0.6) is 0 Å². The molecule has 7 heteroatoms. The summed E-state index contributed by atoms with van der Waals surface area (Å²) in [7, 11) is -2.87. The zero-order chi connectivity index (χ0) is 24.9. The van der Waals surface area contributed by atoms with Crippen molar-refractivity contribution in [1.29, 1.82) is 0 Å². The Balaban J connectivity index is 2.20. The van der Waals surface area contributed by atoms with Crippen LogP contribution >= 0.6 is 0 Å². The van der Waals surface area contributed by atoms with E-state index in [0.717, 1.165) is 6.42 Å². The molecule has 1 atom stereocenters. The van der Waals surface area contributed by atoms with Gasteiger partial charge in [0.05, 0.1) is 7.11 Å². The van der Waals surface area contributed by atoms with Gasteiger partial charge < -0.3 is 4.74 Å². The Bertz CT molecular complexity index is 1060. The second kappa shape index (κ2) is 10.5. The minimum Gasteiger partial charge on any atom is -0.464 e. The van der Waals surface area contributed by atoms with Crippen LogP contribution in [0, 0.1) is 10.8 Å². The number of nitrogens with zero attached hydrogens (tertiary/aromatic N) is 1. The smallest absolute Gasteiger partial charge is 0.360 e. The van der Waals surface area contributed by atoms with Crippen molar-refractivity contribution in [1.82, 2.24) is 0 Å². The summed E-state index contributed by atoms with van der Waals surface area (Å²) in [6.45, 7) is 13.3. The fourth-order valence-electron chi connectivity index (χ4n) is 3.61. The molecule has 0 amide bonds. The number of oxime groups is 1. The lowest BCUT2D eigenvalue weighted by Crippen LogP contribution is -2.23. The van der Waals surface area contributed by atoms with E-state index in [-0.39, 0.29) is 22.3 Å². The molecule has 0 N–H and O–H groups in total. The molecule has 0 aliphatic carbocycles. The van der Waals surface area contributed by atoms with Crippen LogP contribution < -0.4 is 0 Å². The molecule has 2 rings (SSSR count). The Hall–Kier alpha value is -2.67. The highest BCUT2D eigenvalue weighted by Gasteiger charge is 2.30. The van der Waals surface area contributed by atoms with E-state index in [2.05, 4.69) is 46.7 Å². The number of carbonyl (C=O) groups excluding carboxylic acids is 1. The van der Waals surface area contributed by atoms with Crippen LogP contribution in [-0.4, -0.2) is 27.2 Å². The lowest BCUT2D eigenvalue weighted by atomic mass is 9.69. The fraction of sp³-hybridized carbons (Fsp3) is 0.462. The largest absolute Gasteiger partial charge is 0.464 e. The standard InChI is InChI=1S/C26H35NO5S/c1-25(2,3)17-22(26(4,5)6)20-15-13-19(14-16-20)18-33(29,30)32-27-23(24(28)31-7)21-11-9-8-10-12-21/h8-16,22H,17-18H2,1-7H3. The molecule has 0 heterocycles. The van der Waals surface area contributed by atoms with Crippen LogP contribution in [0.15, 0.2) is 59.8 Å². The second-order valence-electron chi connectivity index (χ2n) is 10.5. The molecular weight excluding hydrogens is 438 g/mol. The number of carbonyl (C=O) groups is 1. The lowest BCUT2D eigenvalue weighted by molar-refractivity contribution is -0.132. The summed E-state index contributed by atoms with van der Waals surface area (Å²) in [4.78, 5) is 12.0. The van der Waals surface area contributed by atoms with Crippen LogP contribution in [0.25, 0.3) is 0 Å². The molecule has 2 aromatic carbocycles. The maximum Gasteiger partial charge on any atom is 0.360 e. The van der Waals surface area contributed by atoms with Crippen molar-refractivity contribution in [3.8, 4) is 0 Å². The van der Waals surface area contributed by atoms with Crippen molar-refractivity contribution >= 4 is 21.8 Å². The Morgan fingerprint density at radius 1 is 0.939 bits per heavy atom. The molecule has 6 nitrogen and oxygen atoms in total.